The molecular formula is C25H26ClN3O2. The van der Waals surface area contributed by atoms with E-state index in [4.69, 9.17) is 11.6 Å². The van der Waals surface area contributed by atoms with E-state index >= 15 is 0 Å². The van der Waals surface area contributed by atoms with Crippen LogP contribution in [0.5, 0.6) is 0 Å². The van der Waals surface area contributed by atoms with Gasteiger partial charge in [0.05, 0.1) is 0 Å². The lowest BCUT2D eigenvalue weighted by molar-refractivity contribution is -0.141. The third-order valence-electron chi connectivity index (χ3n) is 5.03. The van der Waals surface area contributed by atoms with E-state index in [1.165, 1.54) is 0 Å². The third kappa shape index (κ3) is 6.66. The van der Waals surface area contributed by atoms with Crippen molar-refractivity contribution >= 4 is 23.4 Å². The van der Waals surface area contributed by atoms with E-state index in [0.29, 0.717) is 31.0 Å². The van der Waals surface area contributed by atoms with Crippen molar-refractivity contribution in [2.24, 2.45) is 0 Å². The normalized spacial score (nSPS) is 11.5. The first-order valence-corrected chi connectivity index (χ1v) is 10.7. The molecule has 0 fully saturated rings. The molecule has 0 saturated heterocycles. The lowest BCUT2D eigenvalue weighted by Gasteiger charge is -2.31. The van der Waals surface area contributed by atoms with Crippen LogP contribution in [0.1, 0.15) is 30.0 Å². The Kier molecular flexibility index (Phi) is 8.19. The summed E-state index contributed by atoms with van der Waals surface area (Å²) < 4.78 is 0. The van der Waals surface area contributed by atoms with Crippen LogP contribution in [0, 0.1) is 0 Å². The van der Waals surface area contributed by atoms with Crippen molar-refractivity contribution in [3.8, 4) is 0 Å². The zero-order valence-corrected chi connectivity index (χ0v) is 18.3. The first kappa shape index (κ1) is 22.5. The summed E-state index contributed by atoms with van der Waals surface area (Å²) in [7, 11) is 0. The molecule has 0 spiro atoms. The highest BCUT2D eigenvalue weighted by molar-refractivity contribution is 6.30. The molecule has 0 saturated carbocycles. The zero-order valence-electron chi connectivity index (χ0n) is 17.5. The molecule has 1 N–H and O–H groups in total. The standard InChI is InChI=1S/C25H26ClN3O2/c1-2-24(30)29(18-20-10-12-22(26)13-11-20)23(15-19-7-4-3-5-8-19)25(31)28-17-21-9-6-14-27-16-21/h3-14,16,23H,2,15,17-18H2,1H3,(H,28,31)/t23-/m1/s1. The molecule has 6 heteroatoms. The van der Waals surface area contributed by atoms with Crippen LogP contribution >= 0.6 is 11.6 Å². The van der Waals surface area contributed by atoms with Gasteiger partial charge in [-0.1, -0.05) is 67.1 Å². The number of carbonyl (C=O) groups is 2. The fourth-order valence-electron chi connectivity index (χ4n) is 3.35. The van der Waals surface area contributed by atoms with Gasteiger partial charge in [-0.15, -0.1) is 0 Å². The van der Waals surface area contributed by atoms with E-state index in [1.807, 2.05) is 61.5 Å². The second-order valence-electron chi connectivity index (χ2n) is 7.29. The molecule has 2 aromatic carbocycles. The average molecular weight is 436 g/mol. The molecule has 5 nitrogen and oxygen atoms in total. The maximum absolute atomic E-state index is 13.3. The smallest absolute Gasteiger partial charge is 0.243 e. The van der Waals surface area contributed by atoms with E-state index in [9.17, 15) is 9.59 Å². The SMILES string of the molecule is CCC(=O)N(Cc1ccc(Cl)cc1)[C@H](Cc1ccccc1)C(=O)NCc1cccnc1. The zero-order chi connectivity index (χ0) is 22.1. The monoisotopic (exact) mass is 435 g/mol. The van der Waals surface area contributed by atoms with Gasteiger partial charge >= 0.3 is 0 Å². The van der Waals surface area contributed by atoms with E-state index in [-0.39, 0.29) is 11.8 Å². The van der Waals surface area contributed by atoms with Crippen LogP contribution in [0.2, 0.25) is 5.02 Å². The Morgan fingerprint density at radius 3 is 2.32 bits per heavy atom. The molecule has 1 aromatic heterocycles. The minimum atomic E-state index is -0.637. The summed E-state index contributed by atoms with van der Waals surface area (Å²) in [5.74, 6) is -0.268. The first-order valence-electron chi connectivity index (χ1n) is 10.3. The van der Waals surface area contributed by atoms with Gasteiger partial charge in [0.1, 0.15) is 6.04 Å². The van der Waals surface area contributed by atoms with Gasteiger partial charge < -0.3 is 10.2 Å². The third-order valence-corrected chi connectivity index (χ3v) is 5.28. The number of hydrogen-bond acceptors (Lipinski definition) is 3. The van der Waals surface area contributed by atoms with Gasteiger partial charge in [-0.2, -0.15) is 0 Å². The van der Waals surface area contributed by atoms with Crippen LogP contribution in [-0.4, -0.2) is 27.7 Å². The molecule has 0 bridgehead atoms. The van der Waals surface area contributed by atoms with Gasteiger partial charge in [0, 0.05) is 43.3 Å². The van der Waals surface area contributed by atoms with Crippen molar-refractivity contribution < 1.29 is 9.59 Å². The Labute approximate surface area is 188 Å². The summed E-state index contributed by atoms with van der Waals surface area (Å²) in [5.41, 5.74) is 2.82. The second kappa shape index (κ2) is 11.3. The number of nitrogens with one attached hydrogen (secondary N) is 1. The van der Waals surface area contributed by atoms with Crippen molar-refractivity contribution in [1.82, 2.24) is 15.2 Å². The Hall–Kier alpha value is -3.18. The lowest BCUT2D eigenvalue weighted by atomic mass is 10.0. The quantitative estimate of drug-likeness (QED) is 0.541. The molecule has 1 atom stereocenters. The Morgan fingerprint density at radius 1 is 0.968 bits per heavy atom. The molecule has 3 rings (SSSR count). The molecule has 2 amide bonds. The van der Waals surface area contributed by atoms with Gasteiger partial charge in [0.25, 0.3) is 0 Å². The highest BCUT2D eigenvalue weighted by Gasteiger charge is 2.29. The maximum Gasteiger partial charge on any atom is 0.243 e. The fraction of sp³-hybridized carbons (Fsp3) is 0.240. The van der Waals surface area contributed by atoms with E-state index in [1.54, 1.807) is 29.4 Å². The molecule has 160 valence electrons. The van der Waals surface area contributed by atoms with Crippen LogP contribution in [0.25, 0.3) is 0 Å². The first-order chi connectivity index (χ1) is 15.1. The minimum absolute atomic E-state index is 0.0765. The van der Waals surface area contributed by atoms with Crippen LogP contribution in [0.15, 0.2) is 79.1 Å². The Balaban J connectivity index is 1.85. The van der Waals surface area contributed by atoms with E-state index in [2.05, 4.69) is 10.3 Å². The van der Waals surface area contributed by atoms with Gasteiger partial charge in [-0.05, 0) is 34.9 Å². The minimum Gasteiger partial charge on any atom is -0.350 e. The summed E-state index contributed by atoms with van der Waals surface area (Å²) in [6.45, 7) is 2.50. The number of halogens is 1. The van der Waals surface area contributed by atoms with Crippen molar-refractivity contribution in [3.05, 3.63) is 101 Å². The van der Waals surface area contributed by atoms with Gasteiger partial charge in [-0.3, -0.25) is 14.6 Å². The topological polar surface area (TPSA) is 62.3 Å². The number of carbonyl (C=O) groups excluding carboxylic acids is 2. The highest BCUT2D eigenvalue weighted by atomic mass is 35.5. The number of amides is 2. The van der Waals surface area contributed by atoms with E-state index < -0.39 is 6.04 Å². The molecule has 0 aliphatic heterocycles. The maximum atomic E-state index is 13.3. The van der Waals surface area contributed by atoms with E-state index in [0.717, 1.165) is 16.7 Å². The molecule has 0 radical (unpaired) electrons. The molecular weight excluding hydrogens is 410 g/mol. The molecule has 0 aliphatic carbocycles. The van der Waals surface area contributed by atoms with Crippen LogP contribution < -0.4 is 5.32 Å². The Bertz CT molecular complexity index is 979. The van der Waals surface area contributed by atoms with Gasteiger partial charge in [0.15, 0.2) is 0 Å². The molecule has 0 aliphatic rings. The summed E-state index contributed by atoms with van der Waals surface area (Å²) in [4.78, 5) is 31.9. The van der Waals surface area contributed by atoms with Crippen molar-refractivity contribution in [2.45, 2.75) is 38.9 Å². The van der Waals surface area contributed by atoms with Gasteiger partial charge in [-0.25, -0.2) is 0 Å². The number of nitrogens with zero attached hydrogens (tertiary/aromatic N) is 2. The number of aromatic nitrogens is 1. The summed E-state index contributed by atoms with van der Waals surface area (Å²) in [5, 5.41) is 3.61. The molecule has 0 unspecified atom stereocenters. The number of pyridine rings is 1. The lowest BCUT2D eigenvalue weighted by Crippen LogP contribution is -2.50. The summed E-state index contributed by atoms with van der Waals surface area (Å²) in [6, 6.07) is 20.2. The summed E-state index contributed by atoms with van der Waals surface area (Å²) >= 11 is 6.01. The molecule has 31 heavy (non-hydrogen) atoms. The van der Waals surface area contributed by atoms with Crippen LogP contribution in [0.4, 0.5) is 0 Å². The largest absolute Gasteiger partial charge is 0.350 e. The number of rotatable bonds is 9. The number of hydrogen-bond donors (Lipinski definition) is 1. The average Bonchev–Trinajstić information content (AvgIpc) is 2.82. The molecule has 3 aromatic rings. The predicted octanol–water partition coefficient (Wildman–Crippen LogP) is 4.40. The van der Waals surface area contributed by atoms with Crippen molar-refractivity contribution in [1.29, 1.82) is 0 Å². The predicted molar refractivity (Wildman–Crippen MR) is 122 cm³/mol. The van der Waals surface area contributed by atoms with Crippen LogP contribution in [-0.2, 0) is 29.1 Å². The number of benzene rings is 2. The van der Waals surface area contributed by atoms with Crippen molar-refractivity contribution in [3.63, 3.8) is 0 Å². The molecule has 1 heterocycles. The van der Waals surface area contributed by atoms with Crippen LogP contribution in [0.3, 0.4) is 0 Å². The van der Waals surface area contributed by atoms with Crippen molar-refractivity contribution in [2.75, 3.05) is 0 Å². The summed E-state index contributed by atoms with van der Waals surface area (Å²) in [6.07, 6.45) is 4.15. The second-order valence-corrected chi connectivity index (χ2v) is 7.72. The Morgan fingerprint density at radius 2 is 1.68 bits per heavy atom. The van der Waals surface area contributed by atoms with Gasteiger partial charge in [0.2, 0.25) is 11.8 Å². The fourth-order valence-corrected chi connectivity index (χ4v) is 3.48. The highest BCUT2D eigenvalue weighted by Crippen LogP contribution is 2.17.